The Balaban J connectivity index is 1.46. The molecule has 0 atom stereocenters. The molecule has 0 saturated heterocycles. The van der Waals surface area contributed by atoms with E-state index in [0.29, 0.717) is 17.1 Å². The van der Waals surface area contributed by atoms with E-state index < -0.39 is 0 Å². The number of rotatable bonds is 4. The van der Waals surface area contributed by atoms with E-state index >= 15 is 0 Å². The molecular formula is C21H16ClN3O. The first-order valence-corrected chi connectivity index (χ1v) is 8.63. The van der Waals surface area contributed by atoms with E-state index in [1.54, 1.807) is 18.3 Å². The van der Waals surface area contributed by atoms with E-state index in [1.165, 1.54) is 0 Å². The molecule has 0 aliphatic heterocycles. The third kappa shape index (κ3) is 3.60. The van der Waals surface area contributed by atoms with Crippen LogP contribution in [0.4, 0.5) is 5.69 Å². The third-order valence-electron chi connectivity index (χ3n) is 4.15. The molecule has 0 bridgehead atoms. The Morgan fingerprint density at radius 3 is 2.65 bits per heavy atom. The second kappa shape index (κ2) is 7.02. The predicted molar refractivity (Wildman–Crippen MR) is 104 cm³/mol. The van der Waals surface area contributed by atoms with Gasteiger partial charge in [-0.15, -0.1) is 0 Å². The molecule has 4 aromatic rings. The lowest BCUT2D eigenvalue weighted by atomic mass is 10.0. The first kappa shape index (κ1) is 16.4. The first-order chi connectivity index (χ1) is 12.7. The molecule has 26 heavy (non-hydrogen) atoms. The molecule has 0 unspecified atom stereocenters. The highest BCUT2D eigenvalue weighted by Crippen LogP contribution is 2.21. The SMILES string of the molecule is O=C(Cc1ccc(-c2ccc3nccn3c2)cc1)Nc1cccc(Cl)c1. The Kier molecular flexibility index (Phi) is 4.42. The van der Waals surface area contributed by atoms with Crippen molar-refractivity contribution in [1.82, 2.24) is 9.38 Å². The molecule has 128 valence electrons. The number of nitrogens with one attached hydrogen (secondary N) is 1. The second-order valence-corrected chi connectivity index (χ2v) is 6.48. The number of carbonyl (C=O) groups excluding carboxylic acids is 1. The van der Waals surface area contributed by atoms with Gasteiger partial charge in [0.1, 0.15) is 5.65 Å². The molecule has 1 N–H and O–H groups in total. The Bertz CT molecular complexity index is 1070. The average Bonchev–Trinajstić information content (AvgIpc) is 3.10. The van der Waals surface area contributed by atoms with Crippen LogP contribution < -0.4 is 5.32 Å². The van der Waals surface area contributed by atoms with Crippen molar-refractivity contribution in [3.05, 3.63) is 89.8 Å². The summed E-state index contributed by atoms with van der Waals surface area (Å²) in [5.41, 5.74) is 4.78. The van der Waals surface area contributed by atoms with E-state index in [4.69, 9.17) is 11.6 Å². The topological polar surface area (TPSA) is 46.4 Å². The first-order valence-electron chi connectivity index (χ1n) is 8.25. The zero-order valence-corrected chi connectivity index (χ0v) is 14.6. The number of pyridine rings is 1. The molecule has 1 amide bonds. The summed E-state index contributed by atoms with van der Waals surface area (Å²) in [6.45, 7) is 0. The van der Waals surface area contributed by atoms with Crippen LogP contribution >= 0.6 is 11.6 Å². The molecule has 0 aliphatic carbocycles. The van der Waals surface area contributed by atoms with Crippen molar-refractivity contribution in [3.8, 4) is 11.1 Å². The van der Waals surface area contributed by atoms with Crippen LogP contribution in [0, 0.1) is 0 Å². The largest absolute Gasteiger partial charge is 0.326 e. The van der Waals surface area contributed by atoms with Crippen LogP contribution in [0.2, 0.25) is 5.02 Å². The standard InChI is InChI=1S/C21H16ClN3O/c22-18-2-1-3-19(13-18)24-21(26)12-15-4-6-16(7-5-15)17-8-9-20-23-10-11-25(20)14-17/h1-11,13-14H,12H2,(H,24,26). The summed E-state index contributed by atoms with van der Waals surface area (Å²) in [7, 11) is 0. The lowest BCUT2D eigenvalue weighted by molar-refractivity contribution is -0.115. The van der Waals surface area contributed by atoms with Gasteiger partial charge in [0.25, 0.3) is 0 Å². The van der Waals surface area contributed by atoms with Crippen molar-refractivity contribution < 1.29 is 4.79 Å². The van der Waals surface area contributed by atoms with E-state index in [2.05, 4.69) is 10.3 Å². The number of halogens is 1. The molecule has 2 aromatic heterocycles. The minimum atomic E-state index is -0.0696. The number of anilines is 1. The Morgan fingerprint density at radius 2 is 1.85 bits per heavy atom. The maximum Gasteiger partial charge on any atom is 0.228 e. The zero-order chi connectivity index (χ0) is 17.9. The lowest BCUT2D eigenvalue weighted by Crippen LogP contribution is -2.14. The van der Waals surface area contributed by atoms with Gasteiger partial charge in [0.2, 0.25) is 5.91 Å². The fourth-order valence-corrected chi connectivity index (χ4v) is 3.05. The lowest BCUT2D eigenvalue weighted by Gasteiger charge is -2.07. The fourth-order valence-electron chi connectivity index (χ4n) is 2.86. The summed E-state index contributed by atoms with van der Waals surface area (Å²) in [5.74, 6) is -0.0696. The number of aromatic nitrogens is 2. The molecule has 0 spiro atoms. The Morgan fingerprint density at radius 1 is 1.04 bits per heavy atom. The van der Waals surface area contributed by atoms with Gasteiger partial charge in [-0.25, -0.2) is 4.98 Å². The quantitative estimate of drug-likeness (QED) is 0.565. The van der Waals surface area contributed by atoms with Crippen LogP contribution in [0.5, 0.6) is 0 Å². The number of nitrogens with zero attached hydrogens (tertiary/aromatic N) is 2. The van der Waals surface area contributed by atoms with Gasteiger partial charge in [0.05, 0.1) is 6.42 Å². The molecule has 2 aromatic carbocycles. The maximum atomic E-state index is 12.2. The molecule has 2 heterocycles. The van der Waals surface area contributed by atoms with Crippen LogP contribution in [0.3, 0.4) is 0 Å². The van der Waals surface area contributed by atoms with Crippen LogP contribution in [0.15, 0.2) is 79.3 Å². The van der Waals surface area contributed by atoms with Crippen molar-refractivity contribution >= 4 is 28.8 Å². The van der Waals surface area contributed by atoms with E-state index in [1.807, 2.05) is 65.3 Å². The van der Waals surface area contributed by atoms with Crippen LogP contribution in [-0.4, -0.2) is 15.3 Å². The summed E-state index contributed by atoms with van der Waals surface area (Å²) in [6, 6.07) is 19.2. The van der Waals surface area contributed by atoms with Gasteiger partial charge in [-0.3, -0.25) is 4.79 Å². The summed E-state index contributed by atoms with van der Waals surface area (Å²) in [6.07, 6.45) is 6.06. The minimum Gasteiger partial charge on any atom is -0.326 e. The Hall–Kier alpha value is -3.11. The van der Waals surface area contributed by atoms with Gasteiger partial charge in [-0.05, 0) is 47.0 Å². The van der Waals surface area contributed by atoms with E-state index in [-0.39, 0.29) is 5.91 Å². The van der Waals surface area contributed by atoms with E-state index in [0.717, 1.165) is 22.3 Å². The third-order valence-corrected chi connectivity index (χ3v) is 4.38. The number of amides is 1. The second-order valence-electron chi connectivity index (χ2n) is 6.04. The highest BCUT2D eigenvalue weighted by Gasteiger charge is 2.06. The van der Waals surface area contributed by atoms with Crippen molar-refractivity contribution in [1.29, 1.82) is 0 Å². The number of carbonyl (C=O) groups is 1. The monoisotopic (exact) mass is 361 g/mol. The predicted octanol–water partition coefficient (Wildman–Crippen LogP) is 4.84. The molecule has 5 heteroatoms. The molecule has 0 saturated carbocycles. The van der Waals surface area contributed by atoms with Crippen molar-refractivity contribution in [2.75, 3.05) is 5.32 Å². The fraction of sp³-hybridized carbons (Fsp3) is 0.0476. The smallest absolute Gasteiger partial charge is 0.228 e. The van der Waals surface area contributed by atoms with Gasteiger partial charge in [0, 0.05) is 29.3 Å². The average molecular weight is 362 g/mol. The van der Waals surface area contributed by atoms with Gasteiger partial charge in [-0.1, -0.05) is 41.9 Å². The number of fused-ring (bicyclic) bond motifs is 1. The normalized spacial score (nSPS) is 10.8. The summed E-state index contributed by atoms with van der Waals surface area (Å²) < 4.78 is 1.99. The van der Waals surface area contributed by atoms with E-state index in [9.17, 15) is 4.79 Å². The van der Waals surface area contributed by atoms with Gasteiger partial charge < -0.3 is 9.72 Å². The molecule has 0 fully saturated rings. The van der Waals surface area contributed by atoms with Gasteiger partial charge in [-0.2, -0.15) is 0 Å². The van der Waals surface area contributed by atoms with Gasteiger partial charge >= 0.3 is 0 Å². The van der Waals surface area contributed by atoms with Crippen molar-refractivity contribution in [3.63, 3.8) is 0 Å². The molecule has 0 radical (unpaired) electrons. The highest BCUT2D eigenvalue weighted by molar-refractivity contribution is 6.30. The highest BCUT2D eigenvalue weighted by atomic mass is 35.5. The zero-order valence-electron chi connectivity index (χ0n) is 13.9. The molecule has 0 aliphatic rings. The minimum absolute atomic E-state index is 0.0696. The van der Waals surface area contributed by atoms with Gasteiger partial charge in [0.15, 0.2) is 0 Å². The maximum absolute atomic E-state index is 12.2. The number of imidazole rings is 1. The van der Waals surface area contributed by atoms with Crippen LogP contribution in [0.1, 0.15) is 5.56 Å². The number of hydrogen-bond acceptors (Lipinski definition) is 2. The molecule has 4 rings (SSSR count). The Labute approximate surface area is 156 Å². The molecular weight excluding hydrogens is 346 g/mol. The molecule has 4 nitrogen and oxygen atoms in total. The summed E-state index contributed by atoms with van der Waals surface area (Å²) in [4.78, 5) is 16.5. The van der Waals surface area contributed by atoms with Crippen LogP contribution in [0.25, 0.3) is 16.8 Å². The summed E-state index contributed by atoms with van der Waals surface area (Å²) in [5, 5.41) is 3.46. The number of hydrogen-bond donors (Lipinski definition) is 1. The number of benzene rings is 2. The van der Waals surface area contributed by atoms with Crippen molar-refractivity contribution in [2.24, 2.45) is 0 Å². The van der Waals surface area contributed by atoms with Crippen molar-refractivity contribution in [2.45, 2.75) is 6.42 Å². The summed E-state index contributed by atoms with van der Waals surface area (Å²) >= 11 is 5.94. The van der Waals surface area contributed by atoms with Crippen LogP contribution in [-0.2, 0) is 11.2 Å².